The second-order valence-electron chi connectivity index (χ2n) is 4.79. The number of alkyl carbamates (subject to hydrolysis) is 1. The first-order chi connectivity index (χ1) is 11.7. The SMILES string of the molecule is COC(=O)c1ccc(C#CCNC(=O)OCc2ccccc2)cc1. The van der Waals surface area contributed by atoms with Gasteiger partial charge in [-0.2, -0.15) is 0 Å². The van der Waals surface area contributed by atoms with Crippen LogP contribution in [0.5, 0.6) is 0 Å². The summed E-state index contributed by atoms with van der Waals surface area (Å²) in [6.07, 6.45) is -0.519. The summed E-state index contributed by atoms with van der Waals surface area (Å²) in [5.41, 5.74) is 2.12. The zero-order valence-corrected chi connectivity index (χ0v) is 13.2. The van der Waals surface area contributed by atoms with Crippen LogP contribution in [-0.4, -0.2) is 25.7 Å². The van der Waals surface area contributed by atoms with E-state index in [0.717, 1.165) is 11.1 Å². The van der Waals surface area contributed by atoms with Gasteiger partial charge in [-0.05, 0) is 29.8 Å². The monoisotopic (exact) mass is 323 g/mol. The molecule has 24 heavy (non-hydrogen) atoms. The number of ether oxygens (including phenoxy) is 2. The molecule has 2 aromatic rings. The Morgan fingerprint density at radius 2 is 1.75 bits per heavy atom. The van der Waals surface area contributed by atoms with E-state index in [1.54, 1.807) is 24.3 Å². The summed E-state index contributed by atoms with van der Waals surface area (Å²) in [6, 6.07) is 16.1. The Bertz CT molecular complexity index is 742. The third-order valence-electron chi connectivity index (χ3n) is 3.07. The predicted octanol–water partition coefficient (Wildman–Crippen LogP) is 2.75. The van der Waals surface area contributed by atoms with Gasteiger partial charge in [-0.15, -0.1) is 0 Å². The van der Waals surface area contributed by atoms with E-state index < -0.39 is 12.1 Å². The van der Waals surface area contributed by atoms with Crippen molar-refractivity contribution in [2.75, 3.05) is 13.7 Å². The lowest BCUT2D eigenvalue weighted by atomic mass is 10.1. The summed E-state index contributed by atoms with van der Waals surface area (Å²) in [6.45, 7) is 0.390. The van der Waals surface area contributed by atoms with Gasteiger partial charge in [-0.1, -0.05) is 42.2 Å². The molecule has 0 aliphatic heterocycles. The van der Waals surface area contributed by atoms with Crippen LogP contribution in [0.2, 0.25) is 0 Å². The summed E-state index contributed by atoms with van der Waals surface area (Å²) in [5.74, 6) is 5.31. The molecule has 2 aromatic carbocycles. The van der Waals surface area contributed by atoms with Crippen LogP contribution in [0, 0.1) is 11.8 Å². The van der Waals surface area contributed by atoms with Crippen molar-refractivity contribution in [2.24, 2.45) is 0 Å². The zero-order chi connectivity index (χ0) is 17.2. The van der Waals surface area contributed by atoms with Gasteiger partial charge in [0.2, 0.25) is 0 Å². The van der Waals surface area contributed by atoms with Crippen molar-refractivity contribution in [3.8, 4) is 11.8 Å². The molecule has 2 rings (SSSR count). The highest BCUT2D eigenvalue weighted by atomic mass is 16.5. The highest BCUT2D eigenvalue weighted by Gasteiger charge is 2.03. The van der Waals surface area contributed by atoms with Gasteiger partial charge >= 0.3 is 12.1 Å². The number of rotatable bonds is 4. The van der Waals surface area contributed by atoms with E-state index in [9.17, 15) is 9.59 Å². The third-order valence-corrected chi connectivity index (χ3v) is 3.07. The van der Waals surface area contributed by atoms with E-state index in [4.69, 9.17) is 4.74 Å². The van der Waals surface area contributed by atoms with Gasteiger partial charge in [-0.25, -0.2) is 9.59 Å². The van der Waals surface area contributed by atoms with Crippen molar-refractivity contribution in [1.82, 2.24) is 5.32 Å². The van der Waals surface area contributed by atoms with Gasteiger partial charge in [0.1, 0.15) is 6.61 Å². The standard InChI is InChI=1S/C19H17NO4/c1-23-18(21)17-11-9-15(10-12-17)8-5-13-20-19(22)24-14-16-6-3-2-4-7-16/h2-4,6-7,9-12H,13-14H2,1H3,(H,20,22). The molecule has 122 valence electrons. The lowest BCUT2D eigenvalue weighted by molar-refractivity contribution is 0.0600. The molecule has 5 nitrogen and oxygen atoms in total. The molecule has 1 N–H and O–H groups in total. The lowest BCUT2D eigenvalue weighted by Crippen LogP contribution is -2.24. The van der Waals surface area contributed by atoms with Gasteiger partial charge in [0, 0.05) is 5.56 Å². The van der Waals surface area contributed by atoms with Crippen LogP contribution in [-0.2, 0) is 16.1 Å². The van der Waals surface area contributed by atoms with Gasteiger partial charge in [0.25, 0.3) is 0 Å². The number of hydrogen-bond acceptors (Lipinski definition) is 4. The Balaban J connectivity index is 1.75. The third kappa shape index (κ3) is 5.50. The van der Waals surface area contributed by atoms with Crippen LogP contribution < -0.4 is 5.32 Å². The van der Waals surface area contributed by atoms with E-state index in [-0.39, 0.29) is 13.2 Å². The zero-order valence-electron chi connectivity index (χ0n) is 13.2. The van der Waals surface area contributed by atoms with Crippen molar-refractivity contribution in [2.45, 2.75) is 6.61 Å². The first kappa shape index (κ1) is 17.1. The molecule has 5 heteroatoms. The molecule has 1 amide bonds. The average Bonchev–Trinajstić information content (AvgIpc) is 2.64. The molecule has 0 aromatic heterocycles. The van der Waals surface area contributed by atoms with E-state index in [1.807, 2.05) is 30.3 Å². The van der Waals surface area contributed by atoms with Gasteiger partial charge in [-0.3, -0.25) is 0 Å². The summed E-state index contributed by atoms with van der Waals surface area (Å²) in [7, 11) is 1.33. The van der Waals surface area contributed by atoms with Crippen LogP contribution in [0.25, 0.3) is 0 Å². The van der Waals surface area contributed by atoms with Crippen molar-refractivity contribution in [1.29, 1.82) is 0 Å². The average molecular weight is 323 g/mol. The second-order valence-corrected chi connectivity index (χ2v) is 4.79. The maximum atomic E-state index is 11.5. The fourth-order valence-corrected chi connectivity index (χ4v) is 1.84. The molecule has 0 bridgehead atoms. The minimum Gasteiger partial charge on any atom is -0.465 e. The maximum absolute atomic E-state index is 11.5. The molecule has 0 heterocycles. The fourth-order valence-electron chi connectivity index (χ4n) is 1.84. The summed E-state index contributed by atoms with van der Waals surface area (Å²) in [4.78, 5) is 22.8. The Hall–Kier alpha value is -3.26. The van der Waals surface area contributed by atoms with Crippen molar-refractivity contribution < 1.29 is 19.1 Å². The van der Waals surface area contributed by atoms with Gasteiger partial charge in [0.15, 0.2) is 0 Å². The van der Waals surface area contributed by atoms with Crippen LogP contribution in [0.15, 0.2) is 54.6 Å². The normalized spacial score (nSPS) is 9.38. The summed E-state index contributed by atoms with van der Waals surface area (Å²) >= 11 is 0. The largest absolute Gasteiger partial charge is 0.465 e. The Kier molecular flexibility index (Phi) is 6.42. The number of carbonyl (C=O) groups excluding carboxylic acids is 2. The van der Waals surface area contributed by atoms with E-state index >= 15 is 0 Å². The van der Waals surface area contributed by atoms with Gasteiger partial charge < -0.3 is 14.8 Å². The number of hydrogen-bond donors (Lipinski definition) is 1. The Morgan fingerprint density at radius 1 is 1.04 bits per heavy atom. The van der Waals surface area contributed by atoms with E-state index in [2.05, 4.69) is 21.9 Å². The molecule has 0 saturated carbocycles. The molecule has 0 saturated heterocycles. The van der Waals surface area contributed by atoms with Crippen molar-refractivity contribution >= 4 is 12.1 Å². The molecule has 0 aliphatic carbocycles. The number of nitrogens with one attached hydrogen (secondary N) is 1. The molecule has 0 spiro atoms. The number of benzene rings is 2. The van der Waals surface area contributed by atoms with Crippen LogP contribution in [0.3, 0.4) is 0 Å². The molecular weight excluding hydrogens is 306 g/mol. The predicted molar refractivity (Wildman–Crippen MR) is 89.3 cm³/mol. The molecular formula is C19H17NO4. The molecule has 0 radical (unpaired) electrons. The fraction of sp³-hybridized carbons (Fsp3) is 0.158. The minimum absolute atomic E-state index is 0.173. The van der Waals surface area contributed by atoms with Crippen LogP contribution in [0.4, 0.5) is 4.79 Å². The van der Waals surface area contributed by atoms with Crippen LogP contribution in [0.1, 0.15) is 21.5 Å². The lowest BCUT2D eigenvalue weighted by Gasteiger charge is -2.04. The molecule has 0 unspecified atom stereocenters. The van der Waals surface area contributed by atoms with Crippen molar-refractivity contribution in [3.05, 3.63) is 71.3 Å². The Morgan fingerprint density at radius 3 is 2.42 bits per heavy atom. The van der Waals surface area contributed by atoms with E-state index in [0.29, 0.717) is 5.56 Å². The highest BCUT2D eigenvalue weighted by Crippen LogP contribution is 2.04. The first-order valence-corrected chi connectivity index (χ1v) is 7.31. The second kappa shape index (κ2) is 9.01. The van der Waals surface area contributed by atoms with E-state index in [1.165, 1.54) is 7.11 Å². The topological polar surface area (TPSA) is 64.6 Å². The highest BCUT2D eigenvalue weighted by molar-refractivity contribution is 5.89. The number of carbonyl (C=O) groups is 2. The van der Waals surface area contributed by atoms with Gasteiger partial charge in [0.05, 0.1) is 19.2 Å². The van der Waals surface area contributed by atoms with Crippen LogP contribution >= 0.6 is 0 Å². The van der Waals surface area contributed by atoms with Crippen molar-refractivity contribution in [3.63, 3.8) is 0 Å². The maximum Gasteiger partial charge on any atom is 0.408 e. The molecule has 0 aliphatic rings. The molecule has 0 atom stereocenters. The summed E-state index contributed by atoms with van der Waals surface area (Å²) < 4.78 is 9.69. The number of methoxy groups -OCH3 is 1. The smallest absolute Gasteiger partial charge is 0.408 e. The Labute approximate surface area is 140 Å². The number of esters is 1. The summed E-state index contributed by atoms with van der Waals surface area (Å²) in [5, 5.41) is 2.55. The molecule has 0 fully saturated rings. The minimum atomic E-state index is -0.519. The quantitative estimate of drug-likeness (QED) is 0.694. The first-order valence-electron chi connectivity index (χ1n) is 7.31. The number of amides is 1.